The SMILES string of the molecule is CO[C@H](c1ccc(-c2cnc(N)nc2)cc1)[C@@H](CF)n1cc(CCN(C)[C@@H]2C[C@H](O[C@@H]3[C@@H](C)C([C@H]4C[C@@](C)(OC)[C@@H](O)[C@H](C)O4)[C@@H](C)C(=O)OC[C@@](C)(OC(N)=O)[C@H](CNC4CCOC4)[C@@H](C)C(=O)[C@H](C)C[C@@]3(C)OC)O[C@H](C)C2)nn1. The lowest BCUT2D eigenvalue weighted by atomic mass is 9.67. The van der Waals surface area contributed by atoms with Crippen LogP contribution >= 0.6 is 0 Å². The summed E-state index contributed by atoms with van der Waals surface area (Å²) in [5.41, 5.74) is 10.8. The largest absolute Gasteiger partial charge is 0.461 e. The Balaban J connectivity index is 1.15. The summed E-state index contributed by atoms with van der Waals surface area (Å²) in [5.74, 6) is -4.72. The van der Waals surface area contributed by atoms with E-state index in [0.717, 1.165) is 23.1 Å². The number of amides is 1. The van der Waals surface area contributed by atoms with Gasteiger partial charge in [0.15, 0.2) is 6.29 Å². The second-order valence-corrected chi connectivity index (χ2v) is 24.3. The summed E-state index contributed by atoms with van der Waals surface area (Å²) < 4.78 is 73.6. The molecular weight excluding hydrogens is 1060 g/mol. The molecule has 458 valence electrons. The topological polar surface area (TPSA) is 278 Å². The number of nitrogen functional groups attached to an aromatic ring is 1. The molecule has 4 fully saturated rings. The summed E-state index contributed by atoms with van der Waals surface area (Å²) in [6, 6.07) is 6.76. The van der Waals surface area contributed by atoms with E-state index >= 15 is 9.18 Å². The molecule has 6 N–H and O–H groups in total. The zero-order chi connectivity index (χ0) is 59.8. The number of ketones is 1. The molecule has 4 aliphatic heterocycles. The molecule has 2 aromatic heterocycles. The second-order valence-electron chi connectivity index (χ2n) is 24.3. The van der Waals surface area contributed by atoms with Gasteiger partial charge in [-0.2, -0.15) is 0 Å². The monoisotopic (exact) mass is 1150 g/mol. The molecule has 0 radical (unpaired) electrons. The number of carbonyl (C=O) groups excluding carboxylic acids is 3. The van der Waals surface area contributed by atoms with E-state index in [1.165, 1.54) is 4.68 Å². The van der Waals surface area contributed by atoms with Crippen molar-refractivity contribution in [1.82, 2.24) is 35.2 Å². The number of esters is 1. The van der Waals surface area contributed by atoms with E-state index in [-0.39, 0.29) is 49.3 Å². The van der Waals surface area contributed by atoms with Crippen LogP contribution in [0.25, 0.3) is 11.1 Å². The van der Waals surface area contributed by atoms with Gasteiger partial charge in [0, 0.05) is 120 Å². The Morgan fingerprint density at radius 1 is 0.951 bits per heavy atom. The Morgan fingerprint density at radius 3 is 2.27 bits per heavy atom. The molecule has 4 aliphatic rings. The van der Waals surface area contributed by atoms with Crippen molar-refractivity contribution in [1.29, 1.82) is 0 Å². The van der Waals surface area contributed by atoms with Gasteiger partial charge in [-0.3, -0.25) is 9.59 Å². The van der Waals surface area contributed by atoms with Crippen molar-refractivity contribution >= 4 is 23.8 Å². The highest BCUT2D eigenvalue weighted by Crippen LogP contribution is 2.46. The van der Waals surface area contributed by atoms with Gasteiger partial charge in [-0.1, -0.05) is 57.2 Å². The molecule has 1 aromatic carbocycles. The maximum Gasteiger partial charge on any atom is 0.405 e. The molecule has 0 aliphatic carbocycles. The number of aliphatic hydroxyl groups is 1. The molecule has 6 heterocycles. The van der Waals surface area contributed by atoms with E-state index in [1.54, 1.807) is 60.7 Å². The highest BCUT2D eigenvalue weighted by molar-refractivity contribution is 5.83. The third-order valence-electron chi connectivity index (χ3n) is 18.5. The van der Waals surface area contributed by atoms with Crippen LogP contribution in [-0.2, 0) is 58.6 Å². The first-order chi connectivity index (χ1) is 38.9. The van der Waals surface area contributed by atoms with Crippen molar-refractivity contribution in [2.75, 3.05) is 73.7 Å². The fraction of sp³-hybridized carbons (Fsp3) is 0.746. The average Bonchev–Trinajstić information content (AvgIpc) is 4.30. The Morgan fingerprint density at radius 2 is 1.65 bits per heavy atom. The predicted octanol–water partition coefficient (Wildman–Crippen LogP) is 5.84. The molecule has 82 heavy (non-hydrogen) atoms. The number of carbonyl (C=O) groups is 3. The van der Waals surface area contributed by atoms with Crippen molar-refractivity contribution in [2.45, 2.75) is 179 Å². The molecule has 7 rings (SSSR count). The van der Waals surface area contributed by atoms with Crippen LogP contribution in [0.5, 0.6) is 0 Å². The lowest BCUT2D eigenvalue weighted by Crippen LogP contribution is -2.61. The molecule has 19 atom stereocenters. The van der Waals surface area contributed by atoms with Gasteiger partial charge < -0.3 is 69.4 Å². The number of rotatable bonds is 19. The van der Waals surface area contributed by atoms with Gasteiger partial charge in [0.2, 0.25) is 5.95 Å². The van der Waals surface area contributed by atoms with Crippen molar-refractivity contribution in [3.05, 3.63) is 54.1 Å². The molecule has 0 spiro atoms. The number of nitrogens with one attached hydrogen (secondary N) is 1. The Kier molecular flexibility index (Phi) is 22.0. The number of Topliss-reactive ketones (excluding diaryl/α,β-unsaturated/α-hetero) is 1. The van der Waals surface area contributed by atoms with Gasteiger partial charge in [0.1, 0.15) is 42.9 Å². The first-order valence-electron chi connectivity index (χ1n) is 29.0. The summed E-state index contributed by atoms with van der Waals surface area (Å²) >= 11 is 0. The van der Waals surface area contributed by atoms with E-state index in [1.807, 2.05) is 72.9 Å². The first-order valence-corrected chi connectivity index (χ1v) is 29.0. The number of nitrogens with two attached hydrogens (primary N) is 2. The second kappa shape index (κ2) is 27.9. The molecule has 2 unspecified atom stereocenters. The number of methoxy groups -OCH3 is 3. The molecule has 4 saturated heterocycles. The number of benzene rings is 1. The third-order valence-corrected chi connectivity index (χ3v) is 18.5. The lowest BCUT2D eigenvalue weighted by molar-refractivity contribution is -0.278. The van der Waals surface area contributed by atoms with Crippen LogP contribution < -0.4 is 16.8 Å². The van der Waals surface area contributed by atoms with Crippen molar-refractivity contribution < 1.29 is 66.5 Å². The van der Waals surface area contributed by atoms with Gasteiger partial charge in [-0.25, -0.2) is 23.8 Å². The highest BCUT2D eigenvalue weighted by Gasteiger charge is 2.55. The maximum atomic E-state index is 15.1. The number of alkyl halides is 1. The van der Waals surface area contributed by atoms with Gasteiger partial charge in [0.05, 0.1) is 53.8 Å². The van der Waals surface area contributed by atoms with Gasteiger partial charge >= 0.3 is 12.1 Å². The van der Waals surface area contributed by atoms with Crippen LogP contribution in [0.3, 0.4) is 0 Å². The number of primary amides is 1. The normalized spacial score (nSPS) is 36.1. The Labute approximate surface area is 482 Å². The summed E-state index contributed by atoms with van der Waals surface area (Å²) in [7, 11) is 6.74. The van der Waals surface area contributed by atoms with Crippen LogP contribution in [0.4, 0.5) is 15.1 Å². The molecular formula is C59H92FN9O13. The summed E-state index contributed by atoms with van der Waals surface area (Å²) in [6.07, 6.45) is 1.95. The summed E-state index contributed by atoms with van der Waals surface area (Å²) in [5, 5.41) is 23.8. The fourth-order valence-corrected chi connectivity index (χ4v) is 13.4. The lowest BCUT2D eigenvalue weighted by Gasteiger charge is -2.52. The standard InChI is InChI=1S/C59H92FN9O13/c1-33-24-58(8,76-13)53(81-48-23-44(22-34(2)79-48)68(10)20-18-42-30-69(67-66-42)46(26-60)51(74-11)40-16-14-39(15-17-40)41-27-64-55(61)65-28-41)36(4)49(47-25-57(7,75-12)52(71)38(6)80-47)37(5)54(72)78-32-59(9,82-56(62)73)45(35(3)50(33)70)29-63-43-19-21-77-31-43/h14-17,27-28,30,33-38,43-49,51-53,63,71H,18-26,29,31-32H2,1-13H3,(H2,62,73)(H2,61,64,65)/t33-,34-,35-,36+,37-,38+,43?,44+,45-,46-,47-,48+,49?,51-,52+,53-,57-,58-,59-/m1/s1. The van der Waals surface area contributed by atoms with Gasteiger partial charge in [-0.05, 0) is 78.0 Å². The van der Waals surface area contributed by atoms with Crippen LogP contribution in [-0.4, -0.2) is 186 Å². The smallest absolute Gasteiger partial charge is 0.405 e. The maximum absolute atomic E-state index is 15.1. The van der Waals surface area contributed by atoms with Crippen LogP contribution in [0, 0.1) is 35.5 Å². The van der Waals surface area contributed by atoms with E-state index in [0.29, 0.717) is 44.7 Å². The van der Waals surface area contributed by atoms with Gasteiger partial charge in [0.25, 0.3) is 0 Å². The van der Waals surface area contributed by atoms with Crippen molar-refractivity contribution in [3.63, 3.8) is 0 Å². The minimum Gasteiger partial charge on any atom is -0.461 e. The zero-order valence-corrected chi connectivity index (χ0v) is 50.3. The van der Waals surface area contributed by atoms with Crippen molar-refractivity contribution in [3.8, 4) is 11.1 Å². The number of ether oxygens (including phenoxy) is 9. The van der Waals surface area contributed by atoms with E-state index in [2.05, 4.69) is 30.5 Å². The number of hydrogen-bond acceptors (Lipinski definition) is 20. The van der Waals surface area contributed by atoms with Gasteiger partial charge in [-0.15, -0.1) is 5.10 Å². The molecule has 0 bridgehead atoms. The number of nitrogens with zero attached hydrogens (tertiary/aromatic N) is 6. The minimum atomic E-state index is -1.53. The number of aliphatic hydroxyl groups excluding tert-OH is 1. The zero-order valence-electron chi connectivity index (χ0n) is 50.3. The number of hydrogen-bond donors (Lipinski definition) is 4. The highest BCUT2D eigenvalue weighted by atomic mass is 19.1. The summed E-state index contributed by atoms with van der Waals surface area (Å²) in [6.45, 7) is 17.4. The Bertz CT molecular complexity index is 2550. The predicted molar refractivity (Wildman–Crippen MR) is 302 cm³/mol. The van der Waals surface area contributed by atoms with E-state index in [9.17, 15) is 14.7 Å². The first kappa shape index (κ1) is 64.7. The Hall–Kier alpha value is -4.82. The number of likely N-dealkylation sites (N-methyl/N-ethyl adjacent to an activating group) is 1. The quantitative estimate of drug-likeness (QED) is 0.103. The van der Waals surface area contributed by atoms with Crippen molar-refractivity contribution in [2.24, 2.45) is 41.2 Å². The fourth-order valence-electron chi connectivity index (χ4n) is 13.4. The minimum absolute atomic E-state index is 0.00224. The number of halogens is 1. The molecule has 3 aromatic rings. The molecule has 23 heteroatoms. The number of aromatic nitrogens is 5. The van der Waals surface area contributed by atoms with E-state index < -0.39 is 121 Å². The molecule has 22 nitrogen and oxygen atoms in total. The molecule has 0 saturated carbocycles. The summed E-state index contributed by atoms with van der Waals surface area (Å²) in [4.78, 5) is 53.1. The third kappa shape index (κ3) is 15.0. The van der Waals surface area contributed by atoms with Crippen LogP contribution in [0.1, 0.15) is 118 Å². The van der Waals surface area contributed by atoms with Crippen LogP contribution in [0.15, 0.2) is 42.9 Å². The molecule has 1 amide bonds. The number of cyclic esters (lactones) is 1. The average molecular weight is 1150 g/mol. The number of anilines is 1. The van der Waals surface area contributed by atoms with E-state index in [4.69, 9.17) is 54.1 Å². The van der Waals surface area contributed by atoms with Crippen LogP contribution in [0.2, 0.25) is 0 Å².